The zero-order valence-corrected chi connectivity index (χ0v) is 10.5. The first kappa shape index (κ1) is 14.1. The van der Waals surface area contributed by atoms with Gasteiger partial charge in [0.05, 0.1) is 17.8 Å². The van der Waals surface area contributed by atoms with Crippen LogP contribution < -0.4 is 5.32 Å². The lowest BCUT2D eigenvalue weighted by molar-refractivity contribution is -0.123. The molecular weight excluding hydrogens is 250 g/mol. The number of carbonyl (C=O) groups is 2. The van der Waals surface area contributed by atoms with Gasteiger partial charge in [-0.15, -0.1) is 0 Å². The molecule has 0 spiro atoms. The van der Waals surface area contributed by atoms with Gasteiger partial charge >= 0.3 is 0 Å². The Hall–Kier alpha value is -1.98. The van der Waals surface area contributed by atoms with Crippen molar-refractivity contribution in [2.45, 2.75) is 6.61 Å². The third-order valence-corrected chi connectivity index (χ3v) is 2.91. The maximum absolute atomic E-state index is 10.9. The number of imide groups is 1. The molecule has 1 aliphatic rings. The van der Waals surface area contributed by atoms with Gasteiger partial charge in [0.2, 0.25) is 0 Å². The zero-order chi connectivity index (χ0) is 13.5. The van der Waals surface area contributed by atoms with Crippen LogP contribution in [0.4, 0.5) is 0 Å². The first-order valence-corrected chi connectivity index (χ1v) is 6.05. The van der Waals surface area contributed by atoms with Crippen molar-refractivity contribution < 1.29 is 14.7 Å². The number of amides is 2. The molecule has 2 rings (SSSR count). The average molecular weight is 263 g/mol. The van der Waals surface area contributed by atoms with Crippen LogP contribution in [0.3, 0.4) is 0 Å². The molecule has 5 heteroatoms. The van der Waals surface area contributed by atoms with Crippen LogP contribution >= 0.6 is 11.3 Å². The topological polar surface area (TPSA) is 66.4 Å². The summed E-state index contributed by atoms with van der Waals surface area (Å²) in [6, 6.07) is 1.91. The van der Waals surface area contributed by atoms with Crippen molar-refractivity contribution in [1.29, 1.82) is 0 Å². The minimum absolute atomic E-state index is 0.170. The molecule has 0 aliphatic carbocycles. The van der Waals surface area contributed by atoms with Gasteiger partial charge in [0.25, 0.3) is 11.8 Å². The third kappa shape index (κ3) is 3.26. The molecule has 18 heavy (non-hydrogen) atoms. The summed E-state index contributed by atoms with van der Waals surface area (Å²) in [5, 5.41) is 14.4. The molecule has 1 aromatic heterocycles. The molecule has 0 atom stereocenters. The molecule has 0 unspecified atom stereocenters. The van der Waals surface area contributed by atoms with Crippen molar-refractivity contribution in [1.82, 2.24) is 5.32 Å². The van der Waals surface area contributed by atoms with E-state index in [1.54, 1.807) is 11.3 Å². The normalized spacial score (nSPS) is 13.8. The van der Waals surface area contributed by atoms with E-state index in [2.05, 4.69) is 18.5 Å². The lowest BCUT2D eigenvalue weighted by Crippen LogP contribution is -2.22. The molecule has 0 bridgehead atoms. The monoisotopic (exact) mass is 263 g/mol. The fourth-order valence-electron chi connectivity index (χ4n) is 1.27. The van der Waals surface area contributed by atoms with Gasteiger partial charge in [-0.05, 0) is 22.4 Å². The molecule has 2 N–H and O–H groups in total. The predicted molar refractivity (Wildman–Crippen MR) is 70.8 cm³/mol. The average Bonchev–Trinajstić information content (AvgIpc) is 2.96. The van der Waals surface area contributed by atoms with E-state index < -0.39 is 11.8 Å². The molecule has 1 aromatic rings. The lowest BCUT2D eigenvalue weighted by atomic mass is 10.1. The molecule has 0 radical (unpaired) electrons. The smallest absolute Gasteiger partial charge is 0.258 e. The summed E-state index contributed by atoms with van der Waals surface area (Å²) in [5.41, 5.74) is 1.60. The van der Waals surface area contributed by atoms with Crippen molar-refractivity contribution >= 4 is 23.2 Å². The number of nitrogens with one attached hydrogen (secondary N) is 1. The van der Waals surface area contributed by atoms with Crippen molar-refractivity contribution in [3.8, 4) is 0 Å². The Morgan fingerprint density at radius 1 is 1.22 bits per heavy atom. The zero-order valence-electron chi connectivity index (χ0n) is 9.68. The predicted octanol–water partition coefficient (Wildman–Crippen LogP) is 1.55. The van der Waals surface area contributed by atoms with E-state index in [0.717, 1.165) is 5.56 Å². The Labute approximate surface area is 109 Å². The van der Waals surface area contributed by atoms with Crippen LogP contribution in [0.2, 0.25) is 0 Å². The number of aliphatic hydroxyl groups excluding tert-OH is 1. The van der Waals surface area contributed by atoms with E-state index >= 15 is 0 Å². The standard InChI is InChI=1S/C8H7NO2.C5H6OS/c1-3-5-6(4-2)8(11)9-7(5)10;6-3-5-1-2-7-4-5/h3-4H,1-2H2,(H,9,10,11);1-2,4,6H,3H2. The number of carbonyl (C=O) groups excluding carboxylic acids is 2. The maximum atomic E-state index is 10.9. The fraction of sp³-hybridized carbons (Fsp3) is 0.0769. The van der Waals surface area contributed by atoms with Gasteiger partial charge in [-0.1, -0.05) is 25.3 Å². The number of rotatable bonds is 3. The molecule has 0 saturated heterocycles. The summed E-state index contributed by atoms with van der Waals surface area (Å²) >= 11 is 1.60. The molecule has 1 aliphatic heterocycles. The minimum Gasteiger partial charge on any atom is -0.392 e. The number of aliphatic hydroxyl groups is 1. The van der Waals surface area contributed by atoms with Crippen molar-refractivity contribution in [2.24, 2.45) is 0 Å². The van der Waals surface area contributed by atoms with Crippen LogP contribution in [-0.2, 0) is 16.2 Å². The molecule has 0 saturated carbocycles. The van der Waals surface area contributed by atoms with Gasteiger partial charge < -0.3 is 5.11 Å². The molecular formula is C13H13NO3S. The van der Waals surface area contributed by atoms with Crippen molar-refractivity contribution in [3.63, 3.8) is 0 Å². The van der Waals surface area contributed by atoms with E-state index in [-0.39, 0.29) is 6.61 Å². The molecule has 0 fully saturated rings. The second kappa shape index (κ2) is 6.68. The maximum Gasteiger partial charge on any atom is 0.258 e. The van der Waals surface area contributed by atoms with E-state index in [1.165, 1.54) is 12.2 Å². The molecule has 4 nitrogen and oxygen atoms in total. The van der Waals surface area contributed by atoms with Gasteiger partial charge in [0.1, 0.15) is 0 Å². The Morgan fingerprint density at radius 2 is 1.78 bits per heavy atom. The fourth-order valence-corrected chi connectivity index (χ4v) is 1.93. The summed E-state index contributed by atoms with van der Waals surface area (Å²) < 4.78 is 0. The highest BCUT2D eigenvalue weighted by molar-refractivity contribution is 7.07. The van der Waals surface area contributed by atoms with Crippen LogP contribution in [0.25, 0.3) is 0 Å². The highest BCUT2D eigenvalue weighted by atomic mass is 32.1. The quantitative estimate of drug-likeness (QED) is 0.813. The number of hydrogen-bond acceptors (Lipinski definition) is 4. The summed E-state index contributed by atoms with van der Waals surface area (Å²) in [6.45, 7) is 6.98. The van der Waals surface area contributed by atoms with E-state index in [4.69, 9.17) is 5.11 Å². The van der Waals surface area contributed by atoms with Gasteiger partial charge in [-0.3, -0.25) is 14.9 Å². The van der Waals surface area contributed by atoms with Gasteiger partial charge in [-0.25, -0.2) is 0 Å². The largest absolute Gasteiger partial charge is 0.392 e. The van der Waals surface area contributed by atoms with Crippen LogP contribution in [0.1, 0.15) is 5.56 Å². The summed E-state index contributed by atoms with van der Waals surface area (Å²) in [7, 11) is 0. The molecule has 94 valence electrons. The Morgan fingerprint density at radius 3 is 2.06 bits per heavy atom. The molecule has 2 amide bonds. The Kier molecular flexibility index (Phi) is 5.23. The SMILES string of the molecule is C=CC1=C(C=C)C(=O)NC1=O.OCc1ccsc1. The highest BCUT2D eigenvalue weighted by Crippen LogP contribution is 2.13. The van der Waals surface area contributed by atoms with E-state index in [9.17, 15) is 9.59 Å². The Bertz CT molecular complexity index is 472. The minimum atomic E-state index is -0.403. The molecule has 0 aromatic carbocycles. The van der Waals surface area contributed by atoms with Crippen molar-refractivity contribution in [2.75, 3.05) is 0 Å². The second-order valence-electron chi connectivity index (χ2n) is 3.31. The number of thiophene rings is 1. The Balaban J connectivity index is 0.000000199. The summed E-state index contributed by atoms with van der Waals surface area (Å²) in [5.74, 6) is -0.806. The first-order chi connectivity index (χ1) is 8.63. The van der Waals surface area contributed by atoms with Gasteiger partial charge in [-0.2, -0.15) is 11.3 Å². The first-order valence-electron chi connectivity index (χ1n) is 5.10. The van der Waals surface area contributed by atoms with Crippen LogP contribution in [-0.4, -0.2) is 16.9 Å². The number of hydrogen-bond donors (Lipinski definition) is 2. The van der Waals surface area contributed by atoms with Crippen LogP contribution in [0, 0.1) is 0 Å². The van der Waals surface area contributed by atoms with E-state index in [0.29, 0.717) is 11.1 Å². The van der Waals surface area contributed by atoms with Crippen LogP contribution in [0.15, 0.2) is 53.3 Å². The highest BCUT2D eigenvalue weighted by Gasteiger charge is 2.25. The lowest BCUT2D eigenvalue weighted by Gasteiger charge is -1.86. The second-order valence-corrected chi connectivity index (χ2v) is 4.09. The third-order valence-electron chi connectivity index (χ3n) is 2.18. The van der Waals surface area contributed by atoms with Crippen molar-refractivity contribution in [3.05, 3.63) is 58.8 Å². The van der Waals surface area contributed by atoms with E-state index in [1.807, 2.05) is 16.8 Å². The summed E-state index contributed by atoms with van der Waals surface area (Å²) in [4.78, 5) is 21.8. The summed E-state index contributed by atoms with van der Waals surface area (Å²) in [6.07, 6.45) is 2.69. The van der Waals surface area contributed by atoms with Gasteiger partial charge in [0, 0.05) is 0 Å². The van der Waals surface area contributed by atoms with Gasteiger partial charge in [0.15, 0.2) is 0 Å². The molecule has 2 heterocycles. The van der Waals surface area contributed by atoms with Crippen LogP contribution in [0.5, 0.6) is 0 Å².